The molecule has 0 bridgehead atoms. The van der Waals surface area contributed by atoms with E-state index >= 15 is 0 Å². The van der Waals surface area contributed by atoms with Gasteiger partial charge in [-0.05, 0) is 44.0 Å². The molecule has 0 radical (unpaired) electrons. The number of benzene rings is 2. The Morgan fingerprint density at radius 3 is 2.66 bits per heavy atom. The first-order chi connectivity index (χ1) is 16.7. The number of carbonyl (C=O) groups is 1. The fraction of sp³-hybridized carbons (Fsp3) is 0.423. The number of rotatable bonds is 7. The molecule has 0 N–H and O–H groups in total. The van der Waals surface area contributed by atoms with Crippen molar-refractivity contribution < 1.29 is 23.4 Å². The van der Waals surface area contributed by atoms with Gasteiger partial charge in [0, 0.05) is 19.0 Å². The lowest BCUT2D eigenvalue weighted by Gasteiger charge is -2.45. The van der Waals surface area contributed by atoms with Crippen LogP contribution >= 0.6 is 0 Å². The predicted octanol–water partition coefficient (Wildman–Crippen LogP) is 3.71. The first-order valence-electron chi connectivity index (χ1n) is 11.5. The van der Waals surface area contributed by atoms with E-state index in [2.05, 4.69) is 4.98 Å². The number of morpholine rings is 1. The van der Waals surface area contributed by atoms with Crippen LogP contribution in [0.2, 0.25) is 0 Å². The molecular weight excluding hydrogens is 453 g/mol. The molecule has 1 atom stereocenters. The molecule has 1 aliphatic heterocycles. The van der Waals surface area contributed by atoms with E-state index in [4.69, 9.17) is 14.2 Å². The van der Waals surface area contributed by atoms with Gasteiger partial charge in [0.15, 0.2) is 11.5 Å². The van der Waals surface area contributed by atoms with Gasteiger partial charge in [-0.25, -0.2) is 9.37 Å². The zero-order chi connectivity index (χ0) is 25.2. The number of nitrogens with zero attached hydrogens (tertiary/aromatic N) is 3. The number of ether oxygens (including phenoxy) is 3. The molecule has 1 aliphatic rings. The smallest absolute Gasteiger partial charge is 0.261 e. The molecule has 0 spiro atoms. The van der Waals surface area contributed by atoms with Gasteiger partial charge in [-0.15, -0.1) is 0 Å². The van der Waals surface area contributed by atoms with E-state index in [1.165, 1.54) is 37.2 Å². The number of aromatic nitrogens is 2. The Bertz CT molecular complexity index is 1290. The summed E-state index contributed by atoms with van der Waals surface area (Å²) in [6, 6.07) is 9.55. The Morgan fingerprint density at radius 2 is 1.94 bits per heavy atom. The molecule has 2 heterocycles. The van der Waals surface area contributed by atoms with Gasteiger partial charge in [0.05, 0.1) is 50.1 Å². The quantitative estimate of drug-likeness (QED) is 0.510. The highest BCUT2D eigenvalue weighted by atomic mass is 19.1. The minimum atomic E-state index is -0.488. The Kier molecular flexibility index (Phi) is 7.07. The van der Waals surface area contributed by atoms with Gasteiger partial charge in [0.25, 0.3) is 5.56 Å². The van der Waals surface area contributed by atoms with Crippen LogP contribution in [0, 0.1) is 5.82 Å². The minimum absolute atomic E-state index is 0.0343. The van der Waals surface area contributed by atoms with Crippen LogP contribution in [0.15, 0.2) is 47.5 Å². The molecule has 186 valence electrons. The predicted molar refractivity (Wildman–Crippen MR) is 129 cm³/mol. The molecule has 1 unspecified atom stereocenters. The van der Waals surface area contributed by atoms with Gasteiger partial charge in [0.2, 0.25) is 5.91 Å². The number of methoxy groups -OCH3 is 2. The number of hydrogen-bond acceptors (Lipinski definition) is 6. The van der Waals surface area contributed by atoms with Crippen molar-refractivity contribution >= 4 is 16.8 Å². The maximum absolute atomic E-state index is 13.7. The second-order valence-electron chi connectivity index (χ2n) is 9.24. The van der Waals surface area contributed by atoms with Crippen LogP contribution in [0.3, 0.4) is 0 Å². The summed E-state index contributed by atoms with van der Waals surface area (Å²) in [5.74, 6) is 0.585. The van der Waals surface area contributed by atoms with Crippen LogP contribution in [0.5, 0.6) is 11.5 Å². The molecule has 1 fully saturated rings. The molecule has 0 saturated carbocycles. The van der Waals surface area contributed by atoms with Gasteiger partial charge in [-0.3, -0.25) is 14.2 Å². The first-order valence-corrected chi connectivity index (χ1v) is 11.5. The Hall–Kier alpha value is -3.46. The second-order valence-corrected chi connectivity index (χ2v) is 9.24. The van der Waals surface area contributed by atoms with Crippen LogP contribution in [-0.4, -0.2) is 53.3 Å². The van der Waals surface area contributed by atoms with Gasteiger partial charge in [-0.1, -0.05) is 12.1 Å². The monoisotopic (exact) mass is 483 g/mol. The van der Waals surface area contributed by atoms with E-state index in [-0.39, 0.29) is 29.8 Å². The molecule has 1 aromatic heterocycles. The third-order valence-electron chi connectivity index (χ3n) is 6.36. The molecule has 4 rings (SSSR count). The summed E-state index contributed by atoms with van der Waals surface area (Å²) in [7, 11) is 3.04. The number of halogens is 1. The van der Waals surface area contributed by atoms with Gasteiger partial charge in [-0.2, -0.15) is 0 Å². The van der Waals surface area contributed by atoms with Crippen molar-refractivity contribution in [2.24, 2.45) is 0 Å². The summed E-state index contributed by atoms with van der Waals surface area (Å²) in [6.45, 7) is 4.94. The summed E-state index contributed by atoms with van der Waals surface area (Å²) in [4.78, 5) is 32.3. The number of aryl methyl sites for hydroxylation is 1. The van der Waals surface area contributed by atoms with Crippen LogP contribution in [0.1, 0.15) is 38.4 Å². The Labute approximate surface area is 203 Å². The van der Waals surface area contributed by atoms with Crippen molar-refractivity contribution in [1.29, 1.82) is 0 Å². The van der Waals surface area contributed by atoms with Crippen molar-refractivity contribution in [3.8, 4) is 11.5 Å². The zero-order valence-electron chi connectivity index (χ0n) is 20.4. The molecular formula is C26H30FN3O5. The van der Waals surface area contributed by atoms with E-state index in [1.54, 1.807) is 29.2 Å². The summed E-state index contributed by atoms with van der Waals surface area (Å²) in [6.07, 6.45) is 1.83. The molecule has 8 nitrogen and oxygen atoms in total. The average Bonchev–Trinajstić information content (AvgIpc) is 2.84. The summed E-state index contributed by atoms with van der Waals surface area (Å²) < 4.78 is 31.7. The fourth-order valence-electron chi connectivity index (χ4n) is 4.38. The van der Waals surface area contributed by atoms with Crippen molar-refractivity contribution in [3.63, 3.8) is 0 Å². The third-order valence-corrected chi connectivity index (χ3v) is 6.36. The summed E-state index contributed by atoms with van der Waals surface area (Å²) in [5.41, 5.74) is 0.525. The van der Waals surface area contributed by atoms with Crippen LogP contribution < -0.4 is 15.0 Å². The molecule has 0 aliphatic carbocycles. The molecule has 9 heteroatoms. The second kappa shape index (κ2) is 10.0. The number of carbonyl (C=O) groups excluding carboxylic acids is 1. The highest BCUT2D eigenvalue weighted by Crippen LogP contribution is 2.32. The van der Waals surface area contributed by atoms with Crippen molar-refractivity contribution in [2.75, 3.05) is 27.4 Å². The standard InChI is InChI=1S/C26H30FN3O5/c1-26(2)15-35-23(17-7-5-8-18(27)11-17)14-30(26)24(31)9-6-10-29-16-28-20-13-22(34-4)21(33-3)12-19(20)25(29)32/h5,7-8,11-13,16,23H,6,9-10,14-15H2,1-4H3. The van der Waals surface area contributed by atoms with Crippen molar-refractivity contribution in [2.45, 2.75) is 44.9 Å². The van der Waals surface area contributed by atoms with Crippen molar-refractivity contribution in [3.05, 3.63) is 64.5 Å². The van der Waals surface area contributed by atoms with Gasteiger partial charge >= 0.3 is 0 Å². The largest absolute Gasteiger partial charge is 0.493 e. The number of hydrogen-bond donors (Lipinski definition) is 0. The van der Waals surface area contributed by atoms with E-state index in [0.29, 0.717) is 54.1 Å². The van der Waals surface area contributed by atoms with Gasteiger partial charge in [0.1, 0.15) is 11.9 Å². The van der Waals surface area contributed by atoms with Gasteiger partial charge < -0.3 is 19.1 Å². The Balaban J connectivity index is 1.45. The van der Waals surface area contributed by atoms with E-state index in [1.807, 2.05) is 13.8 Å². The molecule has 1 saturated heterocycles. The highest BCUT2D eigenvalue weighted by molar-refractivity contribution is 5.81. The number of fused-ring (bicyclic) bond motifs is 1. The third kappa shape index (κ3) is 5.14. The maximum atomic E-state index is 13.7. The lowest BCUT2D eigenvalue weighted by Crippen LogP contribution is -2.56. The van der Waals surface area contributed by atoms with Crippen LogP contribution in [-0.2, 0) is 16.1 Å². The summed E-state index contributed by atoms with van der Waals surface area (Å²) >= 11 is 0. The van der Waals surface area contributed by atoms with Crippen LogP contribution in [0.25, 0.3) is 10.9 Å². The number of amides is 1. The van der Waals surface area contributed by atoms with E-state index < -0.39 is 5.54 Å². The minimum Gasteiger partial charge on any atom is -0.493 e. The summed E-state index contributed by atoms with van der Waals surface area (Å²) in [5, 5.41) is 0.420. The first kappa shape index (κ1) is 24.7. The highest BCUT2D eigenvalue weighted by Gasteiger charge is 2.38. The lowest BCUT2D eigenvalue weighted by molar-refractivity contribution is -0.155. The van der Waals surface area contributed by atoms with Crippen molar-refractivity contribution in [1.82, 2.24) is 14.5 Å². The SMILES string of the molecule is COc1cc2ncn(CCCC(=O)N3CC(c4cccc(F)c4)OCC3(C)C)c(=O)c2cc1OC. The van der Waals surface area contributed by atoms with E-state index in [0.717, 1.165) is 0 Å². The normalized spacial score (nSPS) is 17.4. The molecule has 2 aromatic carbocycles. The Morgan fingerprint density at radius 1 is 1.20 bits per heavy atom. The lowest BCUT2D eigenvalue weighted by atomic mass is 9.97. The topological polar surface area (TPSA) is 82.9 Å². The molecule has 1 amide bonds. The molecule has 3 aromatic rings. The fourth-order valence-corrected chi connectivity index (χ4v) is 4.38. The van der Waals surface area contributed by atoms with Crippen LogP contribution in [0.4, 0.5) is 4.39 Å². The average molecular weight is 484 g/mol. The van der Waals surface area contributed by atoms with E-state index in [9.17, 15) is 14.0 Å². The maximum Gasteiger partial charge on any atom is 0.261 e. The molecule has 35 heavy (non-hydrogen) atoms. The zero-order valence-corrected chi connectivity index (χ0v) is 20.4.